The lowest BCUT2D eigenvalue weighted by Gasteiger charge is -2.10. The highest BCUT2D eigenvalue weighted by Gasteiger charge is 2.32. The van der Waals surface area contributed by atoms with E-state index in [1.807, 2.05) is 0 Å². The van der Waals surface area contributed by atoms with Gasteiger partial charge in [0, 0.05) is 0 Å². The van der Waals surface area contributed by atoms with Gasteiger partial charge in [0.05, 0.1) is 17.4 Å². The number of carboxylic acids is 1. The number of aliphatic carboxylic acids is 1. The molecule has 0 radical (unpaired) electrons. The number of nitrogens with zero attached hydrogens (tertiary/aromatic N) is 3. The zero-order valence-corrected chi connectivity index (χ0v) is 9.63. The first-order chi connectivity index (χ1) is 8.25. The summed E-state index contributed by atoms with van der Waals surface area (Å²) in [5.41, 5.74) is -1.78. The Morgan fingerprint density at radius 3 is 2.50 bits per heavy atom. The Hall–Kier alpha value is -2.06. The molecule has 1 rings (SSSR count). The minimum Gasteiger partial charge on any atom is -0.481 e. The largest absolute Gasteiger partial charge is 0.481 e. The van der Waals surface area contributed by atoms with E-state index in [1.165, 1.54) is 13.8 Å². The third-order valence-electron chi connectivity index (χ3n) is 2.42. The molecule has 0 spiro atoms. The third kappa shape index (κ3) is 2.60. The summed E-state index contributed by atoms with van der Waals surface area (Å²) >= 11 is 0. The molecule has 0 aromatic carbocycles. The van der Waals surface area contributed by atoms with E-state index in [0.29, 0.717) is 0 Å². The minimum atomic E-state index is -3.08. The summed E-state index contributed by atoms with van der Waals surface area (Å²) in [4.78, 5) is 20.3. The fraction of sp³-hybridized carbons (Fsp3) is 0.556. The zero-order chi connectivity index (χ0) is 14.0. The van der Waals surface area contributed by atoms with Crippen molar-refractivity contribution in [3.8, 4) is 0 Å². The van der Waals surface area contributed by atoms with Gasteiger partial charge >= 0.3 is 11.7 Å². The van der Waals surface area contributed by atoms with Gasteiger partial charge in [0.15, 0.2) is 0 Å². The van der Waals surface area contributed by atoms with Gasteiger partial charge in [0.25, 0.3) is 6.43 Å². The van der Waals surface area contributed by atoms with Crippen LogP contribution in [0.1, 0.15) is 37.2 Å². The van der Waals surface area contributed by atoms with Crippen LogP contribution in [-0.2, 0) is 4.79 Å². The van der Waals surface area contributed by atoms with Crippen molar-refractivity contribution in [2.75, 3.05) is 0 Å². The maximum Gasteiger partial charge on any atom is 0.318 e. The van der Waals surface area contributed by atoms with Crippen molar-refractivity contribution in [2.45, 2.75) is 32.7 Å². The molecule has 1 N–H and O–H groups in total. The SMILES string of the molecule is Cc1c([N+](=O)[O-])c(C(F)F)nn1[C@@H](C)CC(=O)O. The van der Waals surface area contributed by atoms with Crippen molar-refractivity contribution in [3.63, 3.8) is 0 Å². The zero-order valence-electron chi connectivity index (χ0n) is 9.63. The highest BCUT2D eigenvalue weighted by Crippen LogP contribution is 2.32. The van der Waals surface area contributed by atoms with Crippen LogP contribution in [0, 0.1) is 17.0 Å². The fourth-order valence-electron chi connectivity index (χ4n) is 1.67. The quantitative estimate of drug-likeness (QED) is 0.647. The van der Waals surface area contributed by atoms with E-state index < -0.39 is 34.7 Å². The monoisotopic (exact) mass is 263 g/mol. The average molecular weight is 263 g/mol. The summed E-state index contributed by atoms with van der Waals surface area (Å²) in [5, 5.41) is 22.8. The van der Waals surface area contributed by atoms with Crippen LogP contribution in [0.3, 0.4) is 0 Å². The molecular weight excluding hydrogens is 252 g/mol. The highest BCUT2D eigenvalue weighted by molar-refractivity contribution is 5.67. The molecule has 1 aromatic rings. The molecule has 0 aliphatic rings. The van der Waals surface area contributed by atoms with E-state index in [9.17, 15) is 23.7 Å². The molecule has 0 amide bonds. The van der Waals surface area contributed by atoms with Crippen LogP contribution in [0.2, 0.25) is 0 Å². The summed E-state index contributed by atoms with van der Waals surface area (Å²) < 4.78 is 26.2. The van der Waals surface area contributed by atoms with Crippen molar-refractivity contribution in [1.29, 1.82) is 0 Å². The molecule has 100 valence electrons. The smallest absolute Gasteiger partial charge is 0.318 e. The summed E-state index contributed by atoms with van der Waals surface area (Å²) in [5.74, 6) is -1.14. The fourth-order valence-corrected chi connectivity index (χ4v) is 1.67. The summed E-state index contributed by atoms with van der Waals surface area (Å²) in [6.07, 6.45) is -3.44. The van der Waals surface area contributed by atoms with Crippen molar-refractivity contribution in [1.82, 2.24) is 9.78 Å². The van der Waals surface area contributed by atoms with Crippen molar-refractivity contribution < 1.29 is 23.6 Å². The van der Waals surface area contributed by atoms with E-state index in [4.69, 9.17) is 5.11 Å². The van der Waals surface area contributed by atoms with Crippen LogP contribution in [0.4, 0.5) is 14.5 Å². The van der Waals surface area contributed by atoms with Gasteiger partial charge in [-0.25, -0.2) is 8.78 Å². The second-order valence-electron chi connectivity index (χ2n) is 3.77. The van der Waals surface area contributed by atoms with E-state index >= 15 is 0 Å². The topological polar surface area (TPSA) is 98.3 Å². The first-order valence-corrected chi connectivity index (χ1v) is 4.99. The van der Waals surface area contributed by atoms with E-state index in [1.54, 1.807) is 0 Å². The number of aromatic nitrogens is 2. The minimum absolute atomic E-state index is 0.0796. The Morgan fingerprint density at radius 1 is 1.61 bits per heavy atom. The first-order valence-electron chi connectivity index (χ1n) is 4.99. The first kappa shape index (κ1) is 14.0. The normalized spacial score (nSPS) is 12.7. The highest BCUT2D eigenvalue weighted by atomic mass is 19.3. The molecule has 0 aliphatic heterocycles. The molecular formula is C9H11F2N3O4. The molecule has 0 saturated carbocycles. The number of hydrogen-bond acceptors (Lipinski definition) is 4. The van der Waals surface area contributed by atoms with Gasteiger partial charge in [-0.05, 0) is 13.8 Å². The molecule has 18 heavy (non-hydrogen) atoms. The predicted octanol–water partition coefficient (Wildman–Crippen LogP) is 2.07. The lowest BCUT2D eigenvalue weighted by Crippen LogP contribution is -2.13. The number of carboxylic acid groups (broad SMARTS) is 1. The Labute approximate surface area is 100 Å². The Bertz CT molecular complexity index is 486. The van der Waals surface area contributed by atoms with Gasteiger partial charge in [-0.15, -0.1) is 0 Å². The van der Waals surface area contributed by atoms with Crippen LogP contribution < -0.4 is 0 Å². The van der Waals surface area contributed by atoms with Crippen molar-refractivity contribution in [3.05, 3.63) is 21.5 Å². The maximum atomic E-state index is 12.6. The Morgan fingerprint density at radius 2 is 2.17 bits per heavy atom. The van der Waals surface area contributed by atoms with E-state index in [0.717, 1.165) is 4.68 Å². The predicted molar refractivity (Wildman–Crippen MR) is 55.5 cm³/mol. The second kappa shape index (κ2) is 5.07. The van der Waals surface area contributed by atoms with Gasteiger partial charge in [-0.1, -0.05) is 0 Å². The van der Waals surface area contributed by atoms with Gasteiger partial charge in [-0.3, -0.25) is 19.6 Å². The Kier molecular flexibility index (Phi) is 3.94. The van der Waals surface area contributed by atoms with Gasteiger partial charge in [-0.2, -0.15) is 5.10 Å². The van der Waals surface area contributed by atoms with Crippen LogP contribution in [0.15, 0.2) is 0 Å². The average Bonchev–Trinajstić information content (AvgIpc) is 2.54. The van der Waals surface area contributed by atoms with Crippen molar-refractivity contribution in [2.24, 2.45) is 0 Å². The van der Waals surface area contributed by atoms with Gasteiger partial charge in [0.2, 0.25) is 5.69 Å². The number of halogens is 2. The number of carbonyl (C=O) groups is 1. The third-order valence-corrected chi connectivity index (χ3v) is 2.42. The molecule has 1 aromatic heterocycles. The van der Waals surface area contributed by atoms with E-state index in [2.05, 4.69) is 5.10 Å². The maximum absolute atomic E-state index is 12.6. The molecule has 0 unspecified atom stereocenters. The van der Waals surface area contributed by atoms with Crippen LogP contribution >= 0.6 is 0 Å². The number of alkyl halides is 2. The standard InChI is InChI=1S/C9H11F2N3O4/c1-4(3-6(15)16)13-5(2)8(14(17)18)7(12-13)9(10)11/h4,9H,3H2,1-2H3,(H,15,16)/t4-/m0/s1. The van der Waals surface area contributed by atoms with Gasteiger partial charge < -0.3 is 5.11 Å². The molecule has 1 heterocycles. The van der Waals surface area contributed by atoms with Crippen LogP contribution in [0.5, 0.6) is 0 Å². The summed E-state index contributed by atoms with van der Waals surface area (Å²) in [7, 11) is 0. The number of nitro groups is 1. The molecule has 0 bridgehead atoms. The van der Waals surface area contributed by atoms with E-state index in [-0.39, 0.29) is 12.1 Å². The molecule has 1 atom stereocenters. The van der Waals surface area contributed by atoms with Gasteiger partial charge in [0.1, 0.15) is 5.69 Å². The van der Waals surface area contributed by atoms with Crippen molar-refractivity contribution >= 4 is 11.7 Å². The van der Waals surface area contributed by atoms with Crippen LogP contribution in [0.25, 0.3) is 0 Å². The van der Waals surface area contributed by atoms with Crippen LogP contribution in [-0.4, -0.2) is 25.8 Å². The molecule has 0 saturated heterocycles. The molecule has 0 fully saturated rings. The summed E-state index contributed by atoms with van der Waals surface area (Å²) in [6.45, 7) is 2.70. The molecule has 7 nitrogen and oxygen atoms in total. The lowest BCUT2D eigenvalue weighted by atomic mass is 10.2. The second-order valence-corrected chi connectivity index (χ2v) is 3.77. The lowest BCUT2D eigenvalue weighted by molar-refractivity contribution is -0.387. The Balaban J connectivity index is 3.27. The number of rotatable bonds is 5. The summed E-state index contributed by atoms with van der Waals surface area (Å²) in [6, 6.07) is -0.742. The number of hydrogen-bond donors (Lipinski definition) is 1. The molecule has 0 aliphatic carbocycles. The molecule has 9 heteroatoms.